The minimum Gasteiger partial charge on any atom is -0.383 e. The van der Waals surface area contributed by atoms with E-state index >= 15 is 0 Å². The first-order valence-electron chi connectivity index (χ1n) is 4.35. The second kappa shape index (κ2) is 4.74. The van der Waals surface area contributed by atoms with Crippen LogP contribution in [0, 0.1) is 0 Å². The highest BCUT2D eigenvalue weighted by molar-refractivity contribution is 4.82. The Morgan fingerprint density at radius 1 is 1.67 bits per heavy atom. The van der Waals surface area contributed by atoms with Gasteiger partial charge in [0.15, 0.2) is 0 Å². The molecule has 1 aliphatic heterocycles. The summed E-state index contributed by atoms with van der Waals surface area (Å²) >= 11 is 0. The van der Waals surface area contributed by atoms with Crippen LogP contribution < -0.4 is 5.73 Å². The number of rotatable bonds is 3. The molecule has 72 valence electrons. The highest BCUT2D eigenvalue weighted by atomic mass is 19.1. The van der Waals surface area contributed by atoms with Gasteiger partial charge in [-0.15, -0.1) is 0 Å². The molecule has 2 N–H and O–H groups in total. The Morgan fingerprint density at radius 2 is 2.42 bits per heavy atom. The van der Waals surface area contributed by atoms with Crippen LogP contribution in [-0.2, 0) is 4.74 Å². The fraction of sp³-hybridized carbons (Fsp3) is 1.00. The predicted octanol–water partition coefficient (Wildman–Crippen LogP) is 0.00390. The number of ether oxygens (including phenoxy) is 1. The zero-order chi connectivity index (χ0) is 8.97. The molecule has 1 aliphatic rings. The van der Waals surface area contributed by atoms with Gasteiger partial charge in [0.2, 0.25) is 0 Å². The summed E-state index contributed by atoms with van der Waals surface area (Å²) < 4.78 is 18.0. The largest absolute Gasteiger partial charge is 0.383 e. The van der Waals surface area contributed by atoms with E-state index in [0.717, 1.165) is 19.5 Å². The first kappa shape index (κ1) is 9.89. The quantitative estimate of drug-likeness (QED) is 0.658. The molecule has 0 aliphatic carbocycles. The summed E-state index contributed by atoms with van der Waals surface area (Å²) in [5.74, 6) is 0. The standard InChI is InChI=1S/C8H17FN2O/c1-12-5-4-11-3-2-8(10)7(9)6-11/h7-8H,2-6,10H2,1H3/t7-,8+/m0/s1. The van der Waals surface area contributed by atoms with Gasteiger partial charge >= 0.3 is 0 Å². The summed E-state index contributed by atoms with van der Waals surface area (Å²) in [7, 11) is 1.66. The molecule has 0 spiro atoms. The molecule has 0 radical (unpaired) electrons. The van der Waals surface area contributed by atoms with E-state index in [1.807, 2.05) is 0 Å². The maximum absolute atomic E-state index is 13.0. The summed E-state index contributed by atoms with van der Waals surface area (Å²) in [6.45, 7) is 2.83. The third-order valence-corrected chi connectivity index (χ3v) is 2.29. The van der Waals surface area contributed by atoms with Gasteiger partial charge in [-0.1, -0.05) is 0 Å². The van der Waals surface area contributed by atoms with Gasteiger partial charge in [-0.05, 0) is 13.0 Å². The van der Waals surface area contributed by atoms with Crippen molar-refractivity contribution in [1.82, 2.24) is 4.90 Å². The lowest BCUT2D eigenvalue weighted by molar-refractivity contribution is 0.0877. The number of nitrogens with zero attached hydrogens (tertiary/aromatic N) is 1. The Balaban J connectivity index is 2.21. The van der Waals surface area contributed by atoms with E-state index in [-0.39, 0.29) is 6.04 Å². The second-order valence-electron chi connectivity index (χ2n) is 3.26. The van der Waals surface area contributed by atoms with Crippen LogP contribution in [0.4, 0.5) is 4.39 Å². The summed E-state index contributed by atoms with van der Waals surface area (Å²) in [6, 6.07) is -0.260. The first-order valence-corrected chi connectivity index (χ1v) is 4.35. The second-order valence-corrected chi connectivity index (χ2v) is 3.26. The Bertz CT molecular complexity index is 132. The lowest BCUT2D eigenvalue weighted by Crippen LogP contribution is -2.49. The topological polar surface area (TPSA) is 38.5 Å². The van der Waals surface area contributed by atoms with Crippen molar-refractivity contribution < 1.29 is 9.13 Å². The molecular formula is C8H17FN2O. The van der Waals surface area contributed by atoms with Crippen LogP contribution >= 0.6 is 0 Å². The molecule has 0 aromatic rings. The van der Waals surface area contributed by atoms with Gasteiger partial charge in [0.25, 0.3) is 0 Å². The number of methoxy groups -OCH3 is 1. The molecule has 3 nitrogen and oxygen atoms in total. The van der Waals surface area contributed by atoms with Crippen LogP contribution in [0.3, 0.4) is 0 Å². The maximum Gasteiger partial charge on any atom is 0.128 e. The normalized spacial score (nSPS) is 32.2. The highest BCUT2D eigenvalue weighted by Gasteiger charge is 2.25. The Morgan fingerprint density at radius 3 is 3.00 bits per heavy atom. The lowest BCUT2D eigenvalue weighted by atomic mass is 10.0. The van der Waals surface area contributed by atoms with E-state index in [0.29, 0.717) is 13.2 Å². The summed E-state index contributed by atoms with van der Waals surface area (Å²) in [4.78, 5) is 2.05. The number of hydrogen-bond acceptors (Lipinski definition) is 3. The third kappa shape index (κ3) is 2.69. The molecular weight excluding hydrogens is 159 g/mol. The number of piperidine rings is 1. The third-order valence-electron chi connectivity index (χ3n) is 2.29. The van der Waals surface area contributed by atoms with E-state index in [1.165, 1.54) is 0 Å². The van der Waals surface area contributed by atoms with Crippen LogP contribution in [0.2, 0.25) is 0 Å². The van der Waals surface area contributed by atoms with Crippen molar-refractivity contribution >= 4 is 0 Å². The van der Waals surface area contributed by atoms with Gasteiger partial charge in [0.05, 0.1) is 6.61 Å². The van der Waals surface area contributed by atoms with Gasteiger partial charge in [0, 0.05) is 26.2 Å². The molecule has 0 unspecified atom stereocenters. The zero-order valence-corrected chi connectivity index (χ0v) is 7.50. The van der Waals surface area contributed by atoms with Gasteiger partial charge in [0.1, 0.15) is 6.17 Å². The number of hydrogen-bond donors (Lipinski definition) is 1. The van der Waals surface area contributed by atoms with E-state index in [1.54, 1.807) is 7.11 Å². The van der Waals surface area contributed by atoms with Crippen LogP contribution in [0.5, 0.6) is 0 Å². The minimum absolute atomic E-state index is 0.260. The summed E-state index contributed by atoms with van der Waals surface area (Å²) in [6.07, 6.45) is -0.110. The number of nitrogens with two attached hydrogens (primary N) is 1. The van der Waals surface area contributed by atoms with E-state index in [2.05, 4.69) is 4.90 Å². The molecule has 0 saturated carbocycles. The molecule has 0 amide bonds. The van der Waals surface area contributed by atoms with Gasteiger partial charge in [-0.2, -0.15) is 0 Å². The molecule has 1 heterocycles. The SMILES string of the molecule is COCCN1CC[C@@H](N)[C@@H](F)C1. The molecule has 0 aromatic heterocycles. The first-order chi connectivity index (χ1) is 5.74. The van der Waals surface area contributed by atoms with Gasteiger partial charge in [-0.25, -0.2) is 4.39 Å². The average Bonchev–Trinajstić information content (AvgIpc) is 2.07. The number of alkyl halides is 1. The summed E-state index contributed by atoms with van der Waals surface area (Å²) in [5, 5.41) is 0. The Kier molecular flexibility index (Phi) is 3.91. The van der Waals surface area contributed by atoms with E-state index in [9.17, 15) is 4.39 Å². The fourth-order valence-electron chi connectivity index (χ4n) is 1.41. The van der Waals surface area contributed by atoms with Gasteiger partial charge in [-0.3, -0.25) is 4.90 Å². The molecule has 12 heavy (non-hydrogen) atoms. The van der Waals surface area contributed by atoms with E-state index in [4.69, 9.17) is 10.5 Å². The van der Waals surface area contributed by atoms with Crippen molar-refractivity contribution in [2.75, 3.05) is 33.4 Å². The van der Waals surface area contributed by atoms with Crippen LogP contribution in [0.25, 0.3) is 0 Å². The van der Waals surface area contributed by atoms with Crippen molar-refractivity contribution in [2.24, 2.45) is 5.73 Å². The minimum atomic E-state index is -0.865. The maximum atomic E-state index is 13.0. The molecule has 1 saturated heterocycles. The van der Waals surface area contributed by atoms with Gasteiger partial charge < -0.3 is 10.5 Å². The smallest absolute Gasteiger partial charge is 0.128 e. The van der Waals surface area contributed by atoms with Crippen LogP contribution in [-0.4, -0.2) is 50.5 Å². The molecule has 4 heteroatoms. The summed E-state index contributed by atoms with van der Waals surface area (Å²) in [5.41, 5.74) is 5.54. The number of likely N-dealkylation sites (tertiary alicyclic amines) is 1. The van der Waals surface area contributed by atoms with E-state index < -0.39 is 6.17 Å². The monoisotopic (exact) mass is 176 g/mol. The number of halogens is 1. The molecule has 0 aromatic carbocycles. The zero-order valence-electron chi connectivity index (χ0n) is 7.50. The Hall–Kier alpha value is -0.190. The van der Waals surface area contributed by atoms with Crippen molar-refractivity contribution in [1.29, 1.82) is 0 Å². The molecule has 2 atom stereocenters. The predicted molar refractivity (Wildman–Crippen MR) is 45.8 cm³/mol. The lowest BCUT2D eigenvalue weighted by Gasteiger charge is -2.32. The van der Waals surface area contributed by atoms with Crippen molar-refractivity contribution in [3.8, 4) is 0 Å². The average molecular weight is 176 g/mol. The van der Waals surface area contributed by atoms with Crippen molar-refractivity contribution in [3.63, 3.8) is 0 Å². The van der Waals surface area contributed by atoms with Crippen molar-refractivity contribution in [3.05, 3.63) is 0 Å². The molecule has 1 rings (SSSR count). The van der Waals surface area contributed by atoms with Crippen LogP contribution in [0.15, 0.2) is 0 Å². The Labute approximate surface area is 72.7 Å². The molecule has 0 bridgehead atoms. The fourth-order valence-corrected chi connectivity index (χ4v) is 1.41. The molecule has 1 fully saturated rings. The van der Waals surface area contributed by atoms with Crippen LogP contribution in [0.1, 0.15) is 6.42 Å². The highest BCUT2D eigenvalue weighted by Crippen LogP contribution is 2.11. The van der Waals surface area contributed by atoms with Crippen molar-refractivity contribution in [2.45, 2.75) is 18.6 Å².